The van der Waals surface area contributed by atoms with Crippen LogP contribution in [0.3, 0.4) is 0 Å². The van der Waals surface area contributed by atoms with E-state index in [-0.39, 0.29) is 18.2 Å². The summed E-state index contributed by atoms with van der Waals surface area (Å²) in [7, 11) is 1.63. The molecule has 1 atom stereocenters. The first-order valence-electron chi connectivity index (χ1n) is 9.06. The van der Waals surface area contributed by atoms with E-state index in [0.29, 0.717) is 30.9 Å². The van der Waals surface area contributed by atoms with Crippen molar-refractivity contribution in [2.75, 3.05) is 25.1 Å². The maximum absolute atomic E-state index is 12.4. The standard InChI is InChI=1S/C21H24N2O4/c1-15-21(25)23(17-8-4-6-10-19(17)27-15)14-12-20(24)22-13-11-16-7-3-5-9-18(16)26-2/h3-10,15H,11-14H2,1-2H3,(H,22,24)/t15-/m0/s1. The number of rotatable bonds is 7. The third kappa shape index (κ3) is 4.39. The molecule has 0 aliphatic carbocycles. The van der Waals surface area contributed by atoms with Crippen LogP contribution in [0.2, 0.25) is 0 Å². The van der Waals surface area contributed by atoms with Gasteiger partial charge in [0.1, 0.15) is 11.5 Å². The van der Waals surface area contributed by atoms with Gasteiger partial charge in [0.05, 0.1) is 12.8 Å². The molecule has 2 aromatic rings. The van der Waals surface area contributed by atoms with E-state index in [9.17, 15) is 9.59 Å². The number of anilines is 1. The van der Waals surface area contributed by atoms with Gasteiger partial charge in [0.15, 0.2) is 6.10 Å². The number of hydrogen-bond acceptors (Lipinski definition) is 4. The van der Waals surface area contributed by atoms with Gasteiger partial charge in [-0.25, -0.2) is 0 Å². The van der Waals surface area contributed by atoms with Crippen LogP contribution in [0.4, 0.5) is 5.69 Å². The molecule has 27 heavy (non-hydrogen) atoms. The molecule has 6 nitrogen and oxygen atoms in total. The highest BCUT2D eigenvalue weighted by Gasteiger charge is 2.31. The lowest BCUT2D eigenvalue weighted by Crippen LogP contribution is -2.45. The maximum atomic E-state index is 12.4. The number of methoxy groups -OCH3 is 1. The first-order chi connectivity index (χ1) is 13.1. The second-order valence-electron chi connectivity index (χ2n) is 6.38. The van der Waals surface area contributed by atoms with Gasteiger partial charge in [0.2, 0.25) is 5.91 Å². The summed E-state index contributed by atoms with van der Waals surface area (Å²) in [5.41, 5.74) is 1.76. The zero-order valence-electron chi connectivity index (χ0n) is 15.6. The van der Waals surface area contributed by atoms with Gasteiger partial charge < -0.3 is 19.7 Å². The van der Waals surface area contributed by atoms with Crippen LogP contribution in [0.1, 0.15) is 18.9 Å². The number of ether oxygens (including phenoxy) is 2. The summed E-state index contributed by atoms with van der Waals surface area (Å²) in [5.74, 6) is 1.27. The summed E-state index contributed by atoms with van der Waals surface area (Å²) in [5, 5.41) is 2.91. The number of nitrogens with zero attached hydrogens (tertiary/aromatic N) is 1. The van der Waals surface area contributed by atoms with E-state index in [2.05, 4.69) is 5.32 Å². The monoisotopic (exact) mass is 368 g/mol. The molecule has 2 amide bonds. The predicted octanol–water partition coefficient (Wildman–Crippen LogP) is 2.56. The molecule has 1 aliphatic rings. The molecular weight excluding hydrogens is 344 g/mol. The minimum Gasteiger partial charge on any atom is -0.496 e. The zero-order chi connectivity index (χ0) is 19.2. The van der Waals surface area contributed by atoms with Crippen molar-refractivity contribution in [2.45, 2.75) is 25.9 Å². The van der Waals surface area contributed by atoms with Crippen molar-refractivity contribution in [1.82, 2.24) is 5.32 Å². The van der Waals surface area contributed by atoms with Gasteiger partial charge >= 0.3 is 0 Å². The van der Waals surface area contributed by atoms with Crippen molar-refractivity contribution in [3.63, 3.8) is 0 Å². The third-order valence-corrected chi connectivity index (χ3v) is 4.55. The zero-order valence-corrected chi connectivity index (χ0v) is 15.6. The second-order valence-corrected chi connectivity index (χ2v) is 6.38. The smallest absolute Gasteiger partial charge is 0.267 e. The van der Waals surface area contributed by atoms with E-state index in [1.54, 1.807) is 18.9 Å². The normalized spacial score (nSPS) is 15.7. The van der Waals surface area contributed by atoms with Crippen LogP contribution in [0, 0.1) is 0 Å². The van der Waals surface area contributed by atoms with Crippen LogP contribution in [0.25, 0.3) is 0 Å². The molecule has 0 aromatic heterocycles. The number of benzene rings is 2. The van der Waals surface area contributed by atoms with Crippen molar-refractivity contribution < 1.29 is 19.1 Å². The number of carbonyl (C=O) groups excluding carboxylic acids is 2. The molecule has 0 radical (unpaired) electrons. The highest BCUT2D eigenvalue weighted by Crippen LogP contribution is 2.33. The van der Waals surface area contributed by atoms with E-state index < -0.39 is 6.10 Å². The second kappa shape index (κ2) is 8.58. The average Bonchev–Trinajstić information content (AvgIpc) is 2.68. The molecular formula is C21H24N2O4. The van der Waals surface area contributed by atoms with Gasteiger partial charge in [-0.3, -0.25) is 9.59 Å². The summed E-state index contributed by atoms with van der Waals surface area (Å²) in [6.07, 6.45) is 0.374. The number of amides is 2. The lowest BCUT2D eigenvalue weighted by atomic mass is 10.1. The fraction of sp³-hybridized carbons (Fsp3) is 0.333. The number of nitrogens with one attached hydrogen (secondary N) is 1. The lowest BCUT2D eigenvalue weighted by Gasteiger charge is -2.32. The molecule has 0 spiro atoms. The van der Waals surface area contributed by atoms with Crippen LogP contribution >= 0.6 is 0 Å². The molecule has 1 N–H and O–H groups in total. The number of hydrogen-bond donors (Lipinski definition) is 1. The highest BCUT2D eigenvalue weighted by molar-refractivity contribution is 6.00. The average molecular weight is 368 g/mol. The predicted molar refractivity (Wildman–Crippen MR) is 103 cm³/mol. The molecule has 0 saturated carbocycles. The Morgan fingerprint density at radius 2 is 1.93 bits per heavy atom. The molecule has 1 heterocycles. The van der Waals surface area contributed by atoms with Crippen LogP contribution in [0.5, 0.6) is 11.5 Å². The van der Waals surface area contributed by atoms with Gasteiger partial charge in [-0.05, 0) is 37.1 Å². The van der Waals surface area contributed by atoms with E-state index in [4.69, 9.17) is 9.47 Å². The van der Waals surface area contributed by atoms with Crippen LogP contribution < -0.4 is 19.7 Å². The number of carbonyl (C=O) groups is 2. The summed E-state index contributed by atoms with van der Waals surface area (Å²) in [6.45, 7) is 2.56. The Balaban J connectivity index is 1.52. The van der Waals surface area contributed by atoms with E-state index in [1.165, 1.54) is 0 Å². The van der Waals surface area contributed by atoms with E-state index in [1.807, 2.05) is 48.5 Å². The summed E-state index contributed by atoms with van der Waals surface area (Å²) in [4.78, 5) is 26.3. The molecule has 142 valence electrons. The molecule has 0 bridgehead atoms. The Labute approximate surface area is 159 Å². The molecule has 0 saturated heterocycles. The SMILES string of the molecule is COc1ccccc1CCNC(=O)CCN1C(=O)[C@H](C)Oc2ccccc21. The minimum absolute atomic E-state index is 0.0886. The highest BCUT2D eigenvalue weighted by atomic mass is 16.5. The first-order valence-corrected chi connectivity index (χ1v) is 9.06. The fourth-order valence-corrected chi connectivity index (χ4v) is 3.14. The molecule has 0 unspecified atom stereocenters. The van der Waals surface area contributed by atoms with Gasteiger partial charge in [-0.15, -0.1) is 0 Å². The number of fused-ring (bicyclic) bond motifs is 1. The van der Waals surface area contributed by atoms with E-state index >= 15 is 0 Å². The molecule has 6 heteroatoms. The maximum Gasteiger partial charge on any atom is 0.267 e. The lowest BCUT2D eigenvalue weighted by molar-refractivity contribution is -0.125. The van der Waals surface area contributed by atoms with Crippen LogP contribution in [-0.2, 0) is 16.0 Å². The molecule has 3 rings (SSSR count). The van der Waals surface area contributed by atoms with Gasteiger partial charge in [-0.1, -0.05) is 30.3 Å². The summed E-state index contributed by atoms with van der Waals surface area (Å²) in [6, 6.07) is 15.1. The van der Waals surface area contributed by atoms with Crippen molar-refractivity contribution in [3.8, 4) is 11.5 Å². The van der Waals surface area contributed by atoms with Gasteiger partial charge in [-0.2, -0.15) is 0 Å². The van der Waals surface area contributed by atoms with E-state index in [0.717, 1.165) is 11.3 Å². The minimum atomic E-state index is -0.548. The fourth-order valence-electron chi connectivity index (χ4n) is 3.14. The quantitative estimate of drug-likeness (QED) is 0.816. The first kappa shape index (κ1) is 18.8. The number of para-hydroxylation sites is 3. The Morgan fingerprint density at radius 1 is 1.19 bits per heavy atom. The largest absolute Gasteiger partial charge is 0.496 e. The Hall–Kier alpha value is -3.02. The topological polar surface area (TPSA) is 67.9 Å². The van der Waals surface area contributed by atoms with Gasteiger partial charge in [0.25, 0.3) is 5.91 Å². The van der Waals surface area contributed by atoms with Gasteiger partial charge in [0, 0.05) is 19.5 Å². The van der Waals surface area contributed by atoms with Crippen molar-refractivity contribution in [3.05, 3.63) is 54.1 Å². The van der Waals surface area contributed by atoms with Crippen molar-refractivity contribution in [1.29, 1.82) is 0 Å². The molecule has 0 fully saturated rings. The van der Waals surface area contributed by atoms with Crippen molar-refractivity contribution >= 4 is 17.5 Å². The Morgan fingerprint density at radius 3 is 2.74 bits per heavy atom. The van der Waals surface area contributed by atoms with Crippen LogP contribution in [-0.4, -0.2) is 38.1 Å². The Bertz CT molecular complexity index is 821. The van der Waals surface area contributed by atoms with Crippen LogP contribution in [0.15, 0.2) is 48.5 Å². The Kier molecular flexibility index (Phi) is 5.96. The molecule has 2 aromatic carbocycles. The summed E-state index contributed by atoms with van der Waals surface area (Å²) < 4.78 is 10.9. The third-order valence-electron chi connectivity index (χ3n) is 4.55. The summed E-state index contributed by atoms with van der Waals surface area (Å²) >= 11 is 0. The molecule has 1 aliphatic heterocycles. The van der Waals surface area contributed by atoms with Crippen molar-refractivity contribution in [2.24, 2.45) is 0 Å².